The van der Waals surface area contributed by atoms with Crippen LogP contribution in [-0.4, -0.2) is 199 Å². The van der Waals surface area contributed by atoms with Crippen molar-refractivity contribution in [2.24, 2.45) is 40.4 Å². The van der Waals surface area contributed by atoms with E-state index in [1.807, 2.05) is 0 Å². The quantitative estimate of drug-likeness (QED) is 0.0916. The summed E-state index contributed by atoms with van der Waals surface area (Å²) in [5.41, 5.74) is -0.430. The second kappa shape index (κ2) is 18.8. The molecule has 10 N–H and O–H groups in total. The van der Waals surface area contributed by atoms with Gasteiger partial charge in [0.15, 0.2) is 30.8 Å². The molecule has 5 aliphatic heterocycles. The summed E-state index contributed by atoms with van der Waals surface area (Å²) in [6, 6.07) is 0. The minimum absolute atomic E-state index is 0.0810. The van der Waals surface area contributed by atoms with E-state index in [1.54, 1.807) is 0 Å². The van der Waals surface area contributed by atoms with Crippen molar-refractivity contribution in [2.75, 3.05) is 26.4 Å². The van der Waals surface area contributed by atoms with Crippen LogP contribution in [0.5, 0.6) is 0 Å². The smallest absolute Gasteiger partial charge is 0.303 e. The Hall–Kier alpha value is -1.51. The van der Waals surface area contributed by atoms with Crippen LogP contribution in [-0.2, 0) is 47.4 Å². The molecule has 0 amide bonds. The molecule has 26 atom stereocenters. The summed E-state index contributed by atoms with van der Waals surface area (Å²) in [5.74, 6) is -1.18. The molecular formula is C47H74O20. The first kappa shape index (κ1) is 50.4. The zero-order chi connectivity index (χ0) is 48.1. The minimum atomic E-state index is -1.69. The van der Waals surface area contributed by atoms with Crippen molar-refractivity contribution in [2.45, 2.75) is 208 Å². The molecule has 20 heteroatoms. The maximum absolute atomic E-state index is 13.0. The lowest BCUT2D eigenvalue weighted by Gasteiger charge is -2.60. The van der Waals surface area contributed by atoms with Crippen molar-refractivity contribution in [3.8, 4) is 0 Å². The van der Waals surface area contributed by atoms with Crippen LogP contribution >= 0.6 is 0 Å². The Morgan fingerprint density at radius 1 is 0.761 bits per heavy atom. The van der Waals surface area contributed by atoms with Gasteiger partial charge in [-0.2, -0.15) is 0 Å². The average molecular weight is 959 g/mol. The van der Waals surface area contributed by atoms with Gasteiger partial charge >= 0.3 is 5.97 Å². The topological polar surface area (TPSA) is 302 Å². The van der Waals surface area contributed by atoms with Crippen LogP contribution in [0.15, 0.2) is 11.6 Å². The first-order chi connectivity index (χ1) is 31.7. The van der Waals surface area contributed by atoms with Gasteiger partial charge in [-0.3, -0.25) is 4.79 Å². The Morgan fingerprint density at radius 2 is 1.43 bits per heavy atom. The van der Waals surface area contributed by atoms with E-state index in [-0.39, 0.29) is 42.5 Å². The Bertz CT molecular complexity index is 1800. The van der Waals surface area contributed by atoms with Gasteiger partial charge in [0.1, 0.15) is 66.6 Å². The third-order valence-corrected chi connectivity index (χ3v) is 18.3. The number of carbonyl (C=O) groups excluding carboxylic acids is 1. The molecule has 3 saturated carbocycles. The first-order valence-corrected chi connectivity index (χ1v) is 24.5. The van der Waals surface area contributed by atoms with Crippen LogP contribution < -0.4 is 0 Å². The van der Waals surface area contributed by atoms with Crippen molar-refractivity contribution in [3.63, 3.8) is 0 Å². The first-order valence-electron chi connectivity index (χ1n) is 24.5. The predicted octanol–water partition coefficient (Wildman–Crippen LogP) is -1.13. The number of carbonyl (C=O) groups is 1. The summed E-state index contributed by atoms with van der Waals surface area (Å²) in [7, 11) is 0. The normalized spacial score (nSPS) is 55.2. The minimum Gasteiger partial charge on any atom is -0.457 e. The van der Waals surface area contributed by atoms with E-state index in [1.165, 1.54) is 19.4 Å². The lowest BCUT2D eigenvalue weighted by Crippen LogP contribution is -2.64. The predicted molar refractivity (Wildman–Crippen MR) is 227 cm³/mol. The average Bonchev–Trinajstić information content (AvgIpc) is 3.66. The highest BCUT2D eigenvalue weighted by atomic mass is 16.8. The fourth-order valence-corrected chi connectivity index (χ4v) is 14.3. The molecule has 4 aliphatic carbocycles. The third-order valence-electron chi connectivity index (χ3n) is 18.3. The van der Waals surface area contributed by atoms with Crippen LogP contribution in [0.25, 0.3) is 0 Å². The van der Waals surface area contributed by atoms with E-state index in [4.69, 9.17) is 42.6 Å². The van der Waals surface area contributed by atoms with Crippen molar-refractivity contribution in [3.05, 3.63) is 11.6 Å². The Morgan fingerprint density at radius 3 is 2.10 bits per heavy atom. The van der Waals surface area contributed by atoms with E-state index < -0.39 is 134 Å². The number of aliphatic hydroxyl groups excluding tert-OH is 9. The second-order valence-electron chi connectivity index (χ2n) is 21.7. The lowest BCUT2D eigenvalue weighted by atomic mass is 9.46. The summed E-state index contributed by atoms with van der Waals surface area (Å²) in [5, 5.41) is 107. The molecule has 5 saturated heterocycles. The summed E-state index contributed by atoms with van der Waals surface area (Å²) < 4.78 is 54.4. The van der Waals surface area contributed by atoms with Gasteiger partial charge in [-0.1, -0.05) is 32.4 Å². The van der Waals surface area contributed by atoms with Gasteiger partial charge in [0, 0.05) is 30.6 Å². The molecule has 0 aromatic heterocycles. The van der Waals surface area contributed by atoms with E-state index in [0.717, 1.165) is 25.7 Å². The molecule has 8 fully saturated rings. The molecule has 9 rings (SSSR count). The van der Waals surface area contributed by atoms with Gasteiger partial charge in [0.05, 0.1) is 44.7 Å². The number of rotatable bonds is 10. The number of aliphatic hydroxyl groups is 10. The lowest BCUT2D eigenvalue weighted by molar-refractivity contribution is -0.370. The van der Waals surface area contributed by atoms with Crippen LogP contribution in [0.3, 0.4) is 0 Å². The van der Waals surface area contributed by atoms with Crippen LogP contribution in [0.1, 0.15) is 92.4 Å². The summed E-state index contributed by atoms with van der Waals surface area (Å²) in [6.07, 6.45) is -12.7. The highest BCUT2D eigenvalue weighted by molar-refractivity contribution is 5.66. The molecule has 20 nitrogen and oxygen atoms in total. The standard InChI is InChI=1S/C47H74O20/c1-20-39(62-22(3)50)36(55)38(57)42(61-20)66-40-35(54)33(52)30(17-49)65-43(40)63-25-9-11-44(4)24(14-25)6-7-26-27(44)10-12-45(5)28(26)15-31-47(45,58)21(2)46(67-31)13-8-23(19-60-46)18-59-41-37(56)34(53)32(51)29(16-48)64-41/h6,20-21,23,25-43,48-49,51-58H,7-19H2,1-5H3/t20-,21+,23?,25-,26+,27-,28-,29+,30+,31-,32+,33+,34-,35-,36-,37+,38+,39-,40+,41+,42-,43+,44-,45-,46+,47+/m0/s1. The maximum Gasteiger partial charge on any atom is 0.303 e. The number of ether oxygens (including phenoxy) is 9. The van der Waals surface area contributed by atoms with Crippen molar-refractivity contribution in [1.82, 2.24) is 0 Å². The van der Waals surface area contributed by atoms with Gasteiger partial charge < -0.3 is 93.7 Å². The van der Waals surface area contributed by atoms with Crippen LogP contribution in [0, 0.1) is 40.4 Å². The molecule has 9 aliphatic rings. The molecule has 1 unspecified atom stereocenters. The molecule has 0 aromatic carbocycles. The third kappa shape index (κ3) is 8.27. The van der Waals surface area contributed by atoms with Crippen molar-refractivity contribution >= 4 is 5.97 Å². The van der Waals surface area contributed by atoms with Gasteiger partial charge in [-0.05, 0) is 81.5 Å². The largest absolute Gasteiger partial charge is 0.457 e. The van der Waals surface area contributed by atoms with Gasteiger partial charge in [0.25, 0.3) is 0 Å². The van der Waals surface area contributed by atoms with Gasteiger partial charge in [-0.15, -0.1) is 0 Å². The number of allylic oxidation sites excluding steroid dienone is 1. The number of hydrogen-bond donors (Lipinski definition) is 10. The SMILES string of the molecule is CC(=O)O[C@@H]1[C@@H](O)[C@@H](O)[C@H](O[C@H]2[C@H](O[C@H]3CC[C@@]4(C)C(=CC[C@@H]5[C@@H]4CC[C@@]4(C)[C@H]5C[C@@H]5O[C@]6(CCC(CO[C@@H]7O[C@H](CO)[C@@H](O)[C@H](O)[C@H]7O)CO6)[C@@H](C)[C@@]54O)C3)O[C@H](CO)[C@@H](O)[C@@H]2O)O[C@H]1C. The monoisotopic (exact) mass is 958 g/mol. The van der Waals surface area contributed by atoms with Crippen molar-refractivity contribution in [1.29, 1.82) is 0 Å². The molecule has 0 aromatic rings. The zero-order valence-corrected chi connectivity index (χ0v) is 39.0. The van der Waals surface area contributed by atoms with Gasteiger partial charge in [-0.25, -0.2) is 0 Å². The highest BCUT2D eigenvalue weighted by Crippen LogP contribution is 2.72. The summed E-state index contributed by atoms with van der Waals surface area (Å²) in [6.45, 7) is 8.63. The van der Waals surface area contributed by atoms with Gasteiger partial charge in [0.2, 0.25) is 0 Å². The number of fused-ring (bicyclic) bond motifs is 7. The molecule has 0 radical (unpaired) electrons. The van der Waals surface area contributed by atoms with E-state index in [2.05, 4.69) is 26.8 Å². The number of esters is 1. The van der Waals surface area contributed by atoms with E-state index in [9.17, 15) is 55.9 Å². The molecule has 5 heterocycles. The maximum atomic E-state index is 13.0. The number of hydrogen-bond acceptors (Lipinski definition) is 20. The molecular weight excluding hydrogens is 884 g/mol. The fraction of sp³-hybridized carbons (Fsp3) is 0.936. The van der Waals surface area contributed by atoms with Crippen molar-refractivity contribution < 1.29 is 98.5 Å². The fourth-order valence-electron chi connectivity index (χ4n) is 14.3. The highest BCUT2D eigenvalue weighted by Gasteiger charge is 2.76. The molecule has 382 valence electrons. The summed E-state index contributed by atoms with van der Waals surface area (Å²) >= 11 is 0. The molecule has 1 spiro atoms. The van der Waals surface area contributed by atoms with E-state index >= 15 is 0 Å². The Balaban J connectivity index is 0.835. The molecule has 67 heavy (non-hydrogen) atoms. The molecule has 0 bridgehead atoms. The van der Waals surface area contributed by atoms with E-state index in [0.29, 0.717) is 43.9 Å². The van der Waals surface area contributed by atoms with Crippen LogP contribution in [0.2, 0.25) is 0 Å². The van der Waals surface area contributed by atoms with Crippen LogP contribution in [0.4, 0.5) is 0 Å². The summed E-state index contributed by atoms with van der Waals surface area (Å²) in [4.78, 5) is 11.6. The Labute approximate surface area is 390 Å². The zero-order valence-electron chi connectivity index (χ0n) is 39.0. The second-order valence-corrected chi connectivity index (χ2v) is 21.7. The Kier molecular flexibility index (Phi) is 14.2.